The van der Waals surface area contributed by atoms with Gasteiger partial charge in [0.25, 0.3) is 0 Å². The Bertz CT molecular complexity index is 683. The van der Waals surface area contributed by atoms with Crippen molar-refractivity contribution in [3.05, 3.63) is 12.2 Å². The Kier molecular flexibility index (Phi) is 15.4. The van der Waals surface area contributed by atoms with Crippen LogP contribution in [0.4, 0.5) is 4.79 Å². The van der Waals surface area contributed by atoms with E-state index in [-0.39, 0.29) is 19.5 Å². The van der Waals surface area contributed by atoms with Gasteiger partial charge in [-0.05, 0) is 38.9 Å². The molecule has 0 heterocycles. The van der Waals surface area contributed by atoms with Crippen molar-refractivity contribution in [2.45, 2.75) is 25.3 Å². The molecule has 0 radical (unpaired) electrons. The van der Waals surface area contributed by atoms with Crippen molar-refractivity contribution in [3.63, 3.8) is 0 Å². The molecule has 0 aliphatic rings. The molecule has 1 atom stereocenters. The molecule has 0 rings (SSSR count). The molecule has 6 amide bonds. The number of primary amides is 1. The van der Waals surface area contributed by atoms with Crippen LogP contribution >= 0.6 is 0 Å². The molecule has 0 saturated carbocycles. The average molecular weight is 456 g/mol. The molecule has 1 unspecified atom stereocenters. The summed E-state index contributed by atoms with van der Waals surface area (Å²) in [4.78, 5) is 70.1. The van der Waals surface area contributed by atoms with E-state index >= 15 is 0 Å². The van der Waals surface area contributed by atoms with Crippen LogP contribution < -0.4 is 32.3 Å². The van der Waals surface area contributed by atoms with E-state index in [1.807, 2.05) is 0 Å². The minimum atomic E-state index is -0.906. The summed E-state index contributed by atoms with van der Waals surface area (Å²) < 4.78 is 0. The third-order valence-electron chi connectivity index (χ3n) is 4.06. The lowest BCUT2D eigenvalue weighted by atomic mass is 10.2. The molecule has 0 spiro atoms. The van der Waals surface area contributed by atoms with Crippen LogP contribution in [0.15, 0.2) is 12.2 Å². The highest BCUT2D eigenvalue weighted by molar-refractivity contribution is 5.95. The number of carbonyl (C=O) groups is 6. The number of aldehydes is 1. The minimum Gasteiger partial charge on any atom is -0.355 e. The lowest BCUT2D eigenvalue weighted by Crippen LogP contribution is -2.51. The topological polar surface area (TPSA) is 192 Å². The number of nitrogens with zero attached hydrogens (tertiary/aromatic N) is 1. The second-order valence-electron chi connectivity index (χ2n) is 6.77. The number of rotatable bonds is 16. The zero-order valence-electron chi connectivity index (χ0n) is 18.4. The van der Waals surface area contributed by atoms with Crippen molar-refractivity contribution in [1.29, 1.82) is 0 Å². The van der Waals surface area contributed by atoms with Crippen LogP contribution in [0.1, 0.15) is 19.3 Å². The van der Waals surface area contributed by atoms with Gasteiger partial charge in [-0.3, -0.25) is 24.0 Å². The fourth-order valence-corrected chi connectivity index (χ4v) is 2.38. The summed E-state index contributed by atoms with van der Waals surface area (Å²) in [5, 5.41) is 12.9. The predicted octanol–water partition coefficient (Wildman–Crippen LogP) is -3.02. The van der Waals surface area contributed by atoms with Gasteiger partial charge in [-0.15, -0.1) is 0 Å². The Morgan fingerprint density at radius 2 is 1.62 bits per heavy atom. The molecule has 0 aromatic carbocycles. The number of carbonyl (C=O) groups excluding carboxylic acids is 6. The maximum Gasteiger partial charge on any atom is 0.312 e. The quantitative estimate of drug-likeness (QED) is 0.0810. The maximum absolute atomic E-state index is 12.4. The van der Waals surface area contributed by atoms with Crippen molar-refractivity contribution in [2.75, 3.05) is 46.8 Å². The number of unbranched alkanes of at least 4 members (excludes halogenated alkanes) is 1. The Hall–Kier alpha value is -3.48. The van der Waals surface area contributed by atoms with E-state index < -0.39 is 35.7 Å². The highest BCUT2D eigenvalue weighted by Crippen LogP contribution is 1.94. The van der Waals surface area contributed by atoms with Crippen molar-refractivity contribution in [1.82, 2.24) is 31.5 Å². The summed E-state index contributed by atoms with van der Waals surface area (Å²) in [5.41, 5.74) is 4.94. The van der Waals surface area contributed by atoms with Crippen molar-refractivity contribution >= 4 is 35.9 Å². The fraction of sp³-hybridized carbons (Fsp3) is 0.579. The number of likely N-dealkylation sites (N-methyl/N-ethyl adjacent to an activating group) is 1. The number of amides is 6. The molecule has 0 saturated heterocycles. The predicted molar refractivity (Wildman–Crippen MR) is 116 cm³/mol. The SMILES string of the molecule is CNCCC(NC(=O)CN(C)C(=O)/C=C\C=O)C(=O)NCC(=O)NCCCCNC(N)=O. The number of hydrogen-bond acceptors (Lipinski definition) is 7. The van der Waals surface area contributed by atoms with Gasteiger partial charge in [-0.25, -0.2) is 4.79 Å². The molecule has 0 aromatic heterocycles. The Morgan fingerprint density at radius 3 is 2.22 bits per heavy atom. The third-order valence-corrected chi connectivity index (χ3v) is 4.06. The molecule has 13 nitrogen and oxygen atoms in total. The Balaban J connectivity index is 4.46. The highest BCUT2D eigenvalue weighted by atomic mass is 16.2. The zero-order valence-corrected chi connectivity index (χ0v) is 18.4. The van der Waals surface area contributed by atoms with Gasteiger partial charge in [0, 0.05) is 26.2 Å². The third kappa shape index (κ3) is 14.5. The van der Waals surface area contributed by atoms with Gasteiger partial charge < -0.3 is 37.2 Å². The van der Waals surface area contributed by atoms with Crippen LogP contribution in [0, 0.1) is 0 Å². The maximum atomic E-state index is 12.4. The van der Waals surface area contributed by atoms with Crippen LogP contribution in [-0.2, 0) is 24.0 Å². The van der Waals surface area contributed by atoms with Gasteiger partial charge in [0.15, 0.2) is 0 Å². The first-order valence-corrected chi connectivity index (χ1v) is 10.1. The first kappa shape index (κ1) is 28.5. The number of nitrogens with two attached hydrogens (primary N) is 1. The van der Waals surface area contributed by atoms with Gasteiger partial charge in [0.05, 0.1) is 13.1 Å². The second-order valence-corrected chi connectivity index (χ2v) is 6.77. The highest BCUT2D eigenvalue weighted by Gasteiger charge is 2.22. The van der Waals surface area contributed by atoms with Gasteiger partial charge in [-0.2, -0.15) is 0 Å². The van der Waals surface area contributed by atoms with Gasteiger partial charge in [0.2, 0.25) is 23.6 Å². The zero-order chi connectivity index (χ0) is 24.4. The summed E-state index contributed by atoms with van der Waals surface area (Å²) in [6.45, 7) is 0.632. The molecule has 0 aliphatic heterocycles. The normalized spacial score (nSPS) is 11.3. The van der Waals surface area contributed by atoms with E-state index in [1.54, 1.807) is 7.05 Å². The van der Waals surface area contributed by atoms with E-state index in [0.29, 0.717) is 38.8 Å². The number of nitrogens with one attached hydrogen (secondary N) is 5. The first-order chi connectivity index (χ1) is 15.2. The Labute approximate surface area is 186 Å². The molecule has 7 N–H and O–H groups in total. The smallest absolute Gasteiger partial charge is 0.312 e. The van der Waals surface area contributed by atoms with Crippen molar-refractivity contribution in [3.8, 4) is 0 Å². The molecule has 0 fully saturated rings. The van der Waals surface area contributed by atoms with Gasteiger partial charge in [-0.1, -0.05) is 0 Å². The second kappa shape index (κ2) is 17.2. The summed E-state index contributed by atoms with van der Waals surface area (Å²) in [5.74, 6) is -2.03. The molecule has 180 valence electrons. The van der Waals surface area contributed by atoms with Crippen LogP contribution in [0.3, 0.4) is 0 Å². The number of hydrogen-bond donors (Lipinski definition) is 6. The van der Waals surface area contributed by atoms with E-state index in [1.165, 1.54) is 7.05 Å². The molecule has 0 aliphatic carbocycles. The summed E-state index contributed by atoms with van der Waals surface area (Å²) in [7, 11) is 3.07. The van der Waals surface area contributed by atoms with E-state index in [2.05, 4.69) is 26.6 Å². The van der Waals surface area contributed by atoms with E-state index in [9.17, 15) is 28.8 Å². The summed E-state index contributed by atoms with van der Waals surface area (Å²) in [6, 6.07) is -1.51. The number of allylic oxidation sites excluding steroid dienone is 1. The molecule has 32 heavy (non-hydrogen) atoms. The van der Waals surface area contributed by atoms with E-state index in [4.69, 9.17) is 5.73 Å². The van der Waals surface area contributed by atoms with Crippen molar-refractivity contribution < 1.29 is 28.8 Å². The standard InChI is InChI=1S/C19H33N7O6/c1-21-10-7-14(25-16(29)13-26(2)17(30)6-5-11-27)18(31)24-12-15(28)22-8-3-4-9-23-19(20)32/h5-6,11,14,21H,3-4,7-10,12-13H2,1-2H3,(H,22,28)(H,24,31)(H,25,29)(H3,20,23,32)/b6-5-. The summed E-state index contributed by atoms with van der Waals surface area (Å²) >= 11 is 0. The monoisotopic (exact) mass is 455 g/mol. The van der Waals surface area contributed by atoms with Crippen LogP contribution in [0.5, 0.6) is 0 Å². The van der Waals surface area contributed by atoms with Crippen LogP contribution in [0.2, 0.25) is 0 Å². The average Bonchev–Trinajstić information content (AvgIpc) is 2.75. The summed E-state index contributed by atoms with van der Waals surface area (Å²) in [6.07, 6.45) is 4.01. The number of urea groups is 1. The van der Waals surface area contributed by atoms with Gasteiger partial charge in [0.1, 0.15) is 12.3 Å². The Morgan fingerprint density at radius 1 is 0.969 bits per heavy atom. The van der Waals surface area contributed by atoms with Crippen LogP contribution in [-0.4, -0.2) is 93.7 Å². The molecule has 0 aromatic rings. The molecule has 13 heteroatoms. The lowest BCUT2D eigenvalue weighted by molar-refractivity contribution is -0.133. The molecular weight excluding hydrogens is 422 g/mol. The van der Waals surface area contributed by atoms with Crippen LogP contribution in [0.25, 0.3) is 0 Å². The van der Waals surface area contributed by atoms with Gasteiger partial charge >= 0.3 is 6.03 Å². The lowest BCUT2D eigenvalue weighted by Gasteiger charge is -2.20. The first-order valence-electron chi connectivity index (χ1n) is 10.1. The minimum absolute atomic E-state index is 0.265. The largest absolute Gasteiger partial charge is 0.355 e. The van der Waals surface area contributed by atoms with E-state index in [0.717, 1.165) is 17.1 Å². The molecule has 0 bridgehead atoms. The fourth-order valence-electron chi connectivity index (χ4n) is 2.38. The van der Waals surface area contributed by atoms with Crippen molar-refractivity contribution in [2.24, 2.45) is 5.73 Å². The molecular formula is C19H33N7O6.